The smallest absolute Gasteiger partial charge is 0.228 e. The largest absolute Gasteiger partial charge is 0.493 e. The Morgan fingerprint density at radius 2 is 1.75 bits per heavy atom. The summed E-state index contributed by atoms with van der Waals surface area (Å²) >= 11 is 0. The molecule has 24 heavy (non-hydrogen) atoms. The number of rotatable bonds is 2. The van der Waals surface area contributed by atoms with Gasteiger partial charge >= 0.3 is 0 Å². The van der Waals surface area contributed by atoms with E-state index >= 15 is 0 Å². The molecule has 1 amide bonds. The Labute approximate surface area is 140 Å². The maximum Gasteiger partial charge on any atom is 0.228 e. The molecule has 2 heterocycles. The van der Waals surface area contributed by atoms with Crippen molar-refractivity contribution >= 4 is 15.7 Å². The molecule has 0 aromatic heterocycles. The fraction of sp³-hybridized carbons (Fsp3) is 0.278. The van der Waals surface area contributed by atoms with E-state index in [1.807, 2.05) is 24.3 Å². The number of carbonyl (C=O) groups excluding carboxylic acids is 1. The lowest BCUT2D eigenvalue weighted by molar-refractivity contribution is -0.123. The molecule has 1 N–H and O–H groups in total. The minimum absolute atomic E-state index is 0.0804. The van der Waals surface area contributed by atoms with Gasteiger partial charge in [0, 0.05) is 5.56 Å². The Bertz CT molecular complexity index is 907. The van der Waals surface area contributed by atoms with Crippen LogP contribution in [0.25, 0.3) is 0 Å². The van der Waals surface area contributed by atoms with Gasteiger partial charge in [0.2, 0.25) is 5.91 Å². The Balaban J connectivity index is 1.61. The summed E-state index contributed by atoms with van der Waals surface area (Å²) in [6.07, 6.45) is 0.587. The van der Waals surface area contributed by atoms with Crippen LogP contribution in [0.2, 0.25) is 0 Å². The van der Waals surface area contributed by atoms with Crippen molar-refractivity contribution in [1.29, 1.82) is 0 Å². The standard InChI is InChI=1S/C18H17NO4S/c20-18(13-9-10-23-16-7-3-1-5-12(13)16)19-15-11-24(21,22)17-8-4-2-6-14(15)17/h1-8,13,15H,9-11H2,(H,19,20)/t13-,15-/m1/s1. The zero-order valence-electron chi connectivity index (χ0n) is 12.9. The fourth-order valence-electron chi connectivity index (χ4n) is 3.46. The molecular formula is C18H17NO4S. The van der Waals surface area contributed by atoms with Crippen LogP contribution in [0, 0.1) is 0 Å². The van der Waals surface area contributed by atoms with Crippen LogP contribution in [0.15, 0.2) is 53.4 Å². The molecule has 0 unspecified atom stereocenters. The number of benzene rings is 2. The molecule has 0 spiro atoms. The summed E-state index contributed by atoms with van der Waals surface area (Å²) in [4.78, 5) is 13.1. The predicted molar refractivity (Wildman–Crippen MR) is 88.7 cm³/mol. The number of para-hydroxylation sites is 1. The molecule has 0 saturated heterocycles. The average Bonchev–Trinajstić information content (AvgIpc) is 2.85. The van der Waals surface area contributed by atoms with Crippen molar-refractivity contribution in [2.24, 2.45) is 0 Å². The maximum absolute atomic E-state index is 12.8. The van der Waals surface area contributed by atoms with Gasteiger partial charge in [-0.3, -0.25) is 4.79 Å². The van der Waals surface area contributed by atoms with Crippen LogP contribution < -0.4 is 10.1 Å². The number of hydrogen-bond acceptors (Lipinski definition) is 4. The summed E-state index contributed by atoms with van der Waals surface area (Å²) in [6.45, 7) is 0.481. The highest BCUT2D eigenvalue weighted by atomic mass is 32.2. The highest BCUT2D eigenvalue weighted by molar-refractivity contribution is 7.91. The topological polar surface area (TPSA) is 72.5 Å². The molecular weight excluding hydrogens is 326 g/mol. The van der Waals surface area contributed by atoms with Crippen LogP contribution in [0.3, 0.4) is 0 Å². The molecule has 0 bridgehead atoms. The van der Waals surface area contributed by atoms with Crippen LogP contribution in [0.4, 0.5) is 0 Å². The van der Waals surface area contributed by atoms with E-state index in [1.54, 1.807) is 24.3 Å². The van der Waals surface area contributed by atoms with Crippen LogP contribution >= 0.6 is 0 Å². The summed E-state index contributed by atoms with van der Waals surface area (Å²) in [5.74, 6) is 0.180. The fourth-order valence-corrected chi connectivity index (χ4v) is 5.19. The molecule has 6 heteroatoms. The number of hydrogen-bond donors (Lipinski definition) is 1. The Hall–Kier alpha value is -2.34. The van der Waals surface area contributed by atoms with Gasteiger partial charge in [-0.1, -0.05) is 36.4 Å². The number of ether oxygens (including phenoxy) is 1. The van der Waals surface area contributed by atoms with Gasteiger partial charge in [0.15, 0.2) is 9.84 Å². The minimum atomic E-state index is -3.33. The molecule has 4 rings (SSSR count). The Morgan fingerprint density at radius 3 is 2.58 bits per heavy atom. The van der Waals surface area contributed by atoms with E-state index in [0.29, 0.717) is 23.5 Å². The van der Waals surface area contributed by atoms with Crippen molar-refractivity contribution in [1.82, 2.24) is 5.32 Å². The van der Waals surface area contributed by atoms with Crippen molar-refractivity contribution in [3.05, 3.63) is 59.7 Å². The first-order chi connectivity index (χ1) is 11.6. The second-order valence-corrected chi connectivity index (χ2v) is 8.11. The third-order valence-electron chi connectivity index (χ3n) is 4.61. The monoisotopic (exact) mass is 343 g/mol. The summed E-state index contributed by atoms with van der Waals surface area (Å²) in [5, 5.41) is 2.93. The third kappa shape index (κ3) is 2.47. The number of amides is 1. The predicted octanol–water partition coefficient (Wildman–Crippen LogP) is 2.20. The highest BCUT2D eigenvalue weighted by Gasteiger charge is 2.37. The van der Waals surface area contributed by atoms with Crippen LogP contribution in [0.1, 0.15) is 29.5 Å². The van der Waals surface area contributed by atoms with Gasteiger partial charge in [0.1, 0.15) is 5.75 Å². The molecule has 2 aliphatic rings. The second-order valence-electron chi connectivity index (χ2n) is 6.11. The van der Waals surface area contributed by atoms with Crippen molar-refractivity contribution in [2.45, 2.75) is 23.3 Å². The minimum Gasteiger partial charge on any atom is -0.493 e. The molecule has 5 nitrogen and oxygen atoms in total. The number of sulfone groups is 1. The molecule has 2 aromatic carbocycles. The first kappa shape index (κ1) is 15.2. The summed E-state index contributed by atoms with van der Waals surface area (Å²) in [7, 11) is -3.33. The second kappa shape index (κ2) is 5.63. The van der Waals surface area contributed by atoms with Gasteiger partial charge in [0.05, 0.1) is 29.2 Å². The Morgan fingerprint density at radius 1 is 1.04 bits per heavy atom. The molecule has 2 atom stereocenters. The zero-order chi connectivity index (χ0) is 16.7. The summed E-state index contributed by atoms with van der Waals surface area (Å²) in [5.41, 5.74) is 1.53. The van der Waals surface area contributed by atoms with Gasteiger partial charge in [0.25, 0.3) is 0 Å². The number of nitrogens with one attached hydrogen (secondary N) is 1. The summed E-state index contributed by atoms with van der Waals surface area (Å²) < 4.78 is 30.1. The molecule has 0 fully saturated rings. The van der Waals surface area contributed by atoms with Crippen molar-refractivity contribution in [2.75, 3.05) is 12.4 Å². The van der Waals surface area contributed by atoms with E-state index in [1.165, 1.54) is 0 Å². The number of fused-ring (bicyclic) bond motifs is 2. The van der Waals surface area contributed by atoms with Crippen molar-refractivity contribution < 1.29 is 17.9 Å². The first-order valence-electron chi connectivity index (χ1n) is 7.90. The van der Waals surface area contributed by atoms with Gasteiger partial charge in [-0.25, -0.2) is 8.42 Å². The molecule has 0 saturated carbocycles. The van der Waals surface area contributed by atoms with Crippen molar-refractivity contribution in [3.8, 4) is 5.75 Å². The normalized spacial score (nSPS) is 23.7. The molecule has 2 aromatic rings. The zero-order valence-corrected chi connectivity index (χ0v) is 13.8. The van der Waals surface area contributed by atoms with Crippen molar-refractivity contribution in [3.63, 3.8) is 0 Å². The van der Waals surface area contributed by atoms with E-state index in [9.17, 15) is 13.2 Å². The molecule has 124 valence electrons. The molecule has 0 aliphatic carbocycles. The lowest BCUT2D eigenvalue weighted by atomic mass is 9.92. The third-order valence-corrected chi connectivity index (χ3v) is 6.42. The molecule has 2 aliphatic heterocycles. The Kier molecular flexibility index (Phi) is 3.57. The van der Waals surface area contributed by atoms with Crippen LogP contribution in [-0.4, -0.2) is 26.7 Å². The van der Waals surface area contributed by atoms with E-state index in [2.05, 4.69) is 5.32 Å². The van der Waals surface area contributed by atoms with Crippen LogP contribution in [-0.2, 0) is 14.6 Å². The SMILES string of the molecule is O=C(N[C@@H]1CS(=O)(=O)c2ccccc21)[C@@H]1CCOc2ccccc21. The van der Waals surface area contributed by atoms with Gasteiger partial charge in [-0.05, 0) is 24.1 Å². The van der Waals surface area contributed by atoms with E-state index in [4.69, 9.17) is 4.74 Å². The maximum atomic E-state index is 12.8. The molecule has 0 radical (unpaired) electrons. The van der Waals surface area contributed by atoms with Gasteiger partial charge in [-0.2, -0.15) is 0 Å². The van der Waals surface area contributed by atoms with Gasteiger partial charge in [-0.15, -0.1) is 0 Å². The van der Waals surface area contributed by atoms with E-state index in [-0.39, 0.29) is 17.6 Å². The number of carbonyl (C=O) groups is 1. The first-order valence-corrected chi connectivity index (χ1v) is 9.55. The summed E-state index contributed by atoms with van der Waals surface area (Å²) in [6, 6.07) is 13.9. The van der Waals surface area contributed by atoms with E-state index in [0.717, 1.165) is 11.3 Å². The van der Waals surface area contributed by atoms with Crippen LogP contribution in [0.5, 0.6) is 5.75 Å². The lowest BCUT2D eigenvalue weighted by Gasteiger charge is -2.26. The highest BCUT2D eigenvalue weighted by Crippen LogP contribution is 2.36. The average molecular weight is 343 g/mol. The van der Waals surface area contributed by atoms with Gasteiger partial charge < -0.3 is 10.1 Å². The quantitative estimate of drug-likeness (QED) is 0.907. The lowest BCUT2D eigenvalue weighted by Crippen LogP contribution is -2.35. The van der Waals surface area contributed by atoms with E-state index < -0.39 is 15.9 Å².